The zero-order chi connectivity index (χ0) is 8.97. The number of hydrogen-bond donors (Lipinski definition) is 1. The average Bonchev–Trinajstić information content (AvgIpc) is 2.37. The molecule has 3 heteroatoms. The molecule has 0 bridgehead atoms. The molecule has 0 unspecified atom stereocenters. The molecule has 1 saturated carbocycles. The minimum absolute atomic E-state index is 0.0974. The molecule has 0 aliphatic heterocycles. The smallest absolute Gasteiger partial charge is 0.306 e. The second kappa shape index (κ2) is 4.45. The molecule has 12 heavy (non-hydrogen) atoms. The van der Waals surface area contributed by atoms with E-state index in [0.29, 0.717) is 18.9 Å². The number of carbonyl (C=O) groups is 1. The predicted molar refractivity (Wildman–Crippen MR) is 46.6 cm³/mol. The highest BCUT2D eigenvalue weighted by Gasteiger charge is 2.26. The normalized spacial score (nSPS) is 28.8. The summed E-state index contributed by atoms with van der Waals surface area (Å²) in [5, 5.41) is 0. The van der Waals surface area contributed by atoms with Gasteiger partial charge in [0.25, 0.3) is 0 Å². The Morgan fingerprint density at radius 2 is 2.33 bits per heavy atom. The van der Waals surface area contributed by atoms with Gasteiger partial charge < -0.3 is 10.5 Å². The molecule has 0 spiro atoms. The molecule has 1 rings (SSSR count). The number of esters is 1. The molecule has 1 aliphatic carbocycles. The van der Waals surface area contributed by atoms with Crippen molar-refractivity contribution in [2.45, 2.75) is 38.6 Å². The van der Waals surface area contributed by atoms with Crippen LogP contribution >= 0.6 is 0 Å². The molecule has 0 aromatic heterocycles. The highest BCUT2D eigenvalue weighted by atomic mass is 16.5. The van der Waals surface area contributed by atoms with Crippen molar-refractivity contribution in [2.75, 3.05) is 6.61 Å². The number of hydrogen-bond acceptors (Lipinski definition) is 3. The fourth-order valence-corrected chi connectivity index (χ4v) is 1.75. The second-order valence-corrected chi connectivity index (χ2v) is 3.36. The molecule has 3 nitrogen and oxygen atoms in total. The molecule has 2 N–H and O–H groups in total. The summed E-state index contributed by atoms with van der Waals surface area (Å²) < 4.78 is 4.86. The van der Waals surface area contributed by atoms with Gasteiger partial charge in [0.1, 0.15) is 0 Å². The minimum Gasteiger partial charge on any atom is -0.466 e. The Bertz CT molecular complexity index is 159. The summed E-state index contributed by atoms with van der Waals surface area (Å²) in [4.78, 5) is 11.1. The number of ether oxygens (including phenoxy) is 1. The van der Waals surface area contributed by atoms with E-state index in [2.05, 4.69) is 0 Å². The van der Waals surface area contributed by atoms with Crippen molar-refractivity contribution in [3.8, 4) is 0 Å². The van der Waals surface area contributed by atoms with Crippen LogP contribution in [0.25, 0.3) is 0 Å². The van der Waals surface area contributed by atoms with E-state index in [4.69, 9.17) is 10.5 Å². The topological polar surface area (TPSA) is 52.3 Å². The van der Waals surface area contributed by atoms with E-state index < -0.39 is 0 Å². The lowest BCUT2D eigenvalue weighted by Gasteiger charge is -2.13. The summed E-state index contributed by atoms with van der Waals surface area (Å²) in [7, 11) is 0. The monoisotopic (exact) mass is 171 g/mol. The number of nitrogens with two attached hydrogens (primary N) is 1. The van der Waals surface area contributed by atoms with E-state index >= 15 is 0 Å². The van der Waals surface area contributed by atoms with Crippen LogP contribution in [0.15, 0.2) is 0 Å². The Balaban J connectivity index is 2.25. The van der Waals surface area contributed by atoms with Crippen LogP contribution in [0.1, 0.15) is 32.6 Å². The van der Waals surface area contributed by atoms with E-state index in [1.807, 2.05) is 6.92 Å². The Morgan fingerprint density at radius 3 is 2.83 bits per heavy atom. The lowest BCUT2D eigenvalue weighted by Crippen LogP contribution is -2.26. The van der Waals surface area contributed by atoms with Crippen molar-refractivity contribution >= 4 is 5.97 Å². The SMILES string of the molecule is CCOC(=O)C[C@@H]1CCC[C@@H]1N. The van der Waals surface area contributed by atoms with Gasteiger partial charge in [-0.25, -0.2) is 0 Å². The highest BCUT2D eigenvalue weighted by molar-refractivity contribution is 5.69. The lowest BCUT2D eigenvalue weighted by atomic mass is 10.0. The zero-order valence-electron chi connectivity index (χ0n) is 7.58. The number of carbonyl (C=O) groups excluding carboxylic acids is 1. The molecule has 0 saturated heterocycles. The minimum atomic E-state index is -0.0974. The van der Waals surface area contributed by atoms with E-state index in [1.54, 1.807) is 0 Å². The summed E-state index contributed by atoms with van der Waals surface area (Å²) in [5.41, 5.74) is 5.82. The van der Waals surface area contributed by atoms with Gasteiger partial charge in [0.15, 0.2) is 0 Å². The van der Waals surface area contributed by atoms with Crippen molar-refractivity contribution in [2.24, 2.45) is 11.7 Å². The second-order valence-electron chi connectivity index (χ2n) is 3.36. The molecule has 0 amide bonds. The van der Waals surface area contributed by atoms with Gasteiger partial charge in [-0.05, 0) is 25.7 Å². The first kappa shape index (κ1) is 9.52. The predicted octanol–water partition coefficient (Wildman–Crippen LogP) is 1.07. The van der Waals surface area contributed by atoms with E-state index in [-0.39, 0.29) is 12.0 Å². The molecular formula is C9H17NO2. The first-order valence-corrected chi connectivity index (χ1v) is 4.65. The third-order valence-electron chi connectivity index (χ3n) is 2.45. The van der Waals surface area contributed by atoms with Gasteiger partial charge in [0.05, 0.1) is 6.61 Å². The van der Waals surface area contributed by atoms with E-state index in [1.165, 1.54) is 0 Å². The van der Waals surface area contributed by atoms with Crippen LogP contribution in [-0.2, 0) is 9.53 Å². The van der Waals surface area contributed by atoms with Crippen molar-refractivity contribution in [3.63, 3.8) is 0 Å². The molecule has 2 atom stereocenters. The van der Waals surface area contributed by atoms with Crippen LogP contribution in [0.4, 0.5) is 0 Å². The first-order chi connectivity index (χ1) is 5.74. The van der Waals surface area contributed by atoms with Crippen LogP contribution in [0.2, 0.25) is 0 Å². The molecule has 0 heterocycles. The lowest BCUT2D eigenvalue weighted by molar-refractivity contribution is -0.144. The molecule has 0 aromatic carbocycles. The van der Waals surface area contributed by atoms with Crippen molar-refractivity contribution in [3.05, 3.63) is 0 Å². The average molecular weight is 171 g/mol. The van der Waals surface area contributed by atoms with Gasteiger partial charge in [-0.2, -0.15) is 0 Å². The van der Waals surface area contributed by atoms with Gasteiger partial charge in [-0.3, -0.25) is 4.79 Å². The van der Waals surface area contributed by atoms with E-state index in [0.717, 1.165) is 19.3 Å². The highest BCUT2D eigenvalue weighted by Crippen LogP contribution is 2.26. The Morgan fingerprint density at radius 1 is 1.58 bits per heavy atom. The molecule has 1 aliphatic rings. The van der Waals surface area contributed by atoms with Gasteiger partial charge in [0.2, 0.25) is 0 Å². The molecule has 0 radical (unpaired) electrons. The molecule has 0 aromatic rings. The van der Waals surface area contributed by atoms with Crippen LogP contribution in [-0.4, -0.2) is 18.6 Å². The molecular weight excluding hydrogens is 154 g/mol. The standard InChI is InChI=1S/C9H17NO2/c1-2-12-9(11)6-7-4-3-5-8(7)10/h7-8H,2-6,10H2,1H3/t7-,8-/m0/s1. The van der Waals surface area contributed by atoms with Gasteiger partial charge in [-0.1, -0.05) is 6.42 Å². The van der Waals surface area contributed by atoms with Crippen LogP contribution in [0, 0.1) is 5.92 Å². The zero-order valence-corrected chi connectivity index (χ0v) is 7.58. The fraction of sp³-hybridized carbons (Fsp3) is 0.889. The Labute approximate surface area is 73.3 Å². The Hall–Kier alpha value is -0.570. The Kier molecular flexibility index (Phi) is 3.53. The largest absolute Gasteiger partial charge is 0.466 e. The van der Waals surface area contributed by atoms with Gasteiger partial charge in [0, 0.05) is 12.5 Å². The quantitative estimate of drug-likeness (QED) is 0.646. The number of rotatable bonds is 3. The third-order valence-corrected chi connectivity index (χ3v) is 2.45. The van der Waals surface area contributed by atoms with Crippen molar-refractivity contribution in [1.29, 1.82) is 0 Å². The maximum absolute atomic E-state index is 11.1. The van der Waals surface area contributed by atoms with Crippen LogP contribution in [0.3, 0.4) is 0 Å². The molecule has 70 valence electrons. The van der Waals surface area contributed by atoms with Crippen LogP contribution in [0.5, 0.6) is 0 Å². The van der Waals surface area contributed by atoms with Crippen molar-refractivity contribution in [1.82, 2.24) is 0 Å². The third kappa shape index (κ3) is 2.48. The summed E-state index contributed by atoms with van der Waals surface area (Å²) in [6.07, 6.45) is 3.81. The summed E-state index contributed by atoms with van der Waals surface area (Å²) >= 11 is 0. The maximum atomic E-state index is 11.1. The summed E-state index contributed by atoms with van der Waals surface area (Å²) in [6.45, 7) is 2.30. The first-order valence-electron chi connectivity index (χ1n) is 4.65. The summed E-state index contributed by atoms with van der Waals surface area (Å²) in [6, 6.07) is 0.217. The summed E-state index contributed by atoms with van der Waals surface area (Å²) in [5.74, 6) is 0.267. The van der Waals surface area contributed by atoms with Gasteiger partial charge in [-0.15, -0.1) is 0 Å². The van der Waals surface area contributed by atoms with Crippen molar-refractivity contribution < 1.29 is 9.53 Å². The maximum Gasteiger partial charge on any atom is 0.306 e. The molecule has 1 fully saturated rings. The fourth-order valence-electron chi connectivity index (χ4n) is 1.75. The van der Waals surface area contributed by atoms with Crippen LogP contribution < -0.4 is 5.73 Å². The van der Waals surface area contributed by atoms with E-state index in [9.17, 15) is 4.79 Å². The van der Waals surface area contributed by atoms with Gasteiger partial charge >= 0.3 is 5.97 Å².